The Morgan fingerprint density at radius 3 is 2.57 bits per heavy atom. The fourth-order valence-corrected chi connectivity index (χ4v) is 3.91. The highest BCUT2D eigenvalue weighted by molar-refractivity contribution is 6.42. The van der Waals surface area contributed by atoms with Crippen LogP contribution in [0.3, 0.4) is 0 Å². The van der Waals surface area contributed by atoms with Gasteiger partial charge in [0.2, 0.25) is 0 Å². The van der Waals surface area contributed by atoms with E-state index in [4.69, 9.17) is 37.1 Å². The number of carbonyl (C=O) groups excluding carboxylic acids is 1. The van der Waals surface area contributed by atoms with Crippen molar-refractivity contribution < 1.29 is 23.6 Å². The largest absolute Gasteiger partial charge is 0.484 e. The molecule has 8 nitrogen and oxygen atoms in total. The molecular formula is C27H22Cl2N2O6. The number of hydrogen-bond acceptors (Lipinski definition) is 6. The average Bonchev–Trinajstić information content (AvgIpc) is 3.32. The first-order valence-electron chi connectivity index (χ1n) is 11.1. The lowest BCUT2D eigenvalue weighted by molar-refractivity contribution is -0.384. The highest BCUT2D eigenvalue weighted by Gasteiger charge is 2.17. The molecule has 1 heterocycles. The molecule has 4 rings (SSSR count). The quantitative estimate of drug-likeness (QED) is 0.179. The van der Waals surface area contributed by atoms with Gasteiger partial charge in [0.15, 0.2) is 5.76 Å². The Morgan fingerprint density at radius 1 is 1.03 bits per heavy atom. The van der Waals surface area contributed by atoms with Crippen LogP contribution in [-0.4, -0.2) is 10.8 Å². The number of nitrogens with zero attached hydrogens (tertiary/aromatic N) is 1. The Kier molecular flexibility index (Phi) is 7.71. The maximum atomic E-state index is 12.8. The van der Waals surface area contributed by atoms with Crippen molar-refractivity contribution in [2.24, 2.45) is 0 Å². The molecule has 190 valence electrons. The Hall–Kier alpha value is -4.01. The lowest BCUT2D eigenvalue weighted by atomic mass is 10.1. The lowest BCUT2D eigenvalue weighted by Crippen LogP contribution is -2.11. The number of amides is 1. The molecule has 4 aromatic rings. The molecule has 0 atom stereocenters. The van der Waals surface area contributed by atoms with E-state index in [9.17, 15) is 14.9 Å². The van der Waals surface area contributed by atoms with Crippen LogP contribution in [0.15, 0.2) is 65.1 Å². The van der Waals surface area contributed by atoms with Crippen LogP contribution in [0.25, 0.3) is 0 Å². The number of anilines is 1. The summed E-state index contributed by atoms with van der Waals surface area (Å²) in [4.78, 5) is 23.8. The van der Waals surface area contributed by atoms with Crippen LogP contribution >= 0.6 is 23.2 Å². The van der Waals surface area contributed by atoms with Crippen molar-refractivity contribution in [1.29, 1.82) is 0 Å². The molecule has 0 spiro atoms. The van der Waals surface area contributed by atoms with Gasteiger partial charge >= 0.3 is 0 Å². The molecule has 0 radical (unpaired) electrons. The van der Waals surface area contributed by atoms with Crippen molar-refractivity contribution in [1.82, 2.24) is 0 Å². The van der Waals surface area contributed by atoms with Gasteiger partial charge in [-0.25, -0.2) is 0 Å². The summed E-state index contributed by atoms with van der Waals surface area (Å²) in [6.45, 7) is 5.81. The van der Waals surface area contributed by atoms with E-state index in [0.29, 0.717) is 22.3 Å². The van der Waals surface area contributed by atoms with Gasteiger partial charge in [-0.1, -0.05) is 35.3 Å². The van der Waals surface area contributed by atoms with E-state index in [-0.39, 0.29) is 34.5 Å². The topological polar surface area (TPSA) is 104 Å². The molecule has 0 bridgehead atoms. The first-order chi connectivity index (χ1) is 17.6. The van der Waals surface area contributed by atoms with Crippen LogP contribution < -0.4 is 14.8 Å². The van der Waals surface area contributed by atoms with Gasteiger partial charge in [0, 0.05) is 12.1 Å². The smallest absolute Gasteiger partial charge is 0.291 e. The zero-order valence-electron chi connectivity index (χ0n) is 20.1. The van der Waals surface area contributed by atoms with Gasteiger partial charge < -0.3 is 19.2 Å². The molecule has 0 aliphatic rings. The number of nitrogens with one attached hydrogen (secondary N) is 1. The Bertz CT molecular complexity index is 1500. The van der Waals surface area contributed by atoms with Gasteiger partial charge in [-0.3, -0.25) is 14.9 Å². The zero-order chi connectivity index (χ0) is 26.7. The number of ether oxygens (including phenoxy) is 2. The summed E-state index contributed by atoms with van der Waals surface area (Å²) in [5.41, 5.74) is 2.88. The Labute approximate surface area is 222 Å². The summed E-state index contributed by atoms with van der Waals surface area (Å²) in [5.74, 6) is 0.931. The van der Waals surface area contributed by atoms with E-state index >= 15 is 0 Å². The molecule has 10 heteroatoms. The van der Waals surface area contributed by atoms with E-state index in [2.05, 4.69) is 5.32 Å². The summed E-state index contributed by atoms with van der Waals surface area (Å²) < 4.78 is 17.2. The van der Waals surface area contributed by atoms with Crippen LogP contribution in [-0.2, 0) is 6.61 Å². The molecule has 1 amide bonds. The standard InChI is InChI=1S/C27H22Cl2N2O6/c1-15-9-16(2)17(3)25(10-15)37-21-12-18(11-19(13-21)31(33)34)30-27(32)24-8-7-20(36-24)14-35-23-6-4-5-22(28)26(23)29/h4-13H,14H2,1-3H3,(H,30,32). The normalized spacial score (nSPS) is 10.7. The number of nitro groups is 1. The van der Waals surface area contributed by atoms with Crippen molar-refractivity contribution in [3.8, 4) is 17.2 Å². The number of furan rings is 1. The number of rotatable bonds is 8. The van der Waals surface area contributed by atoms with Crippen molar-refractivity contribution in [3.05, 3.63) is 109 Å². The number of hydrogen-bond donors (Lipinski definition) is 1. The fraction of sp³-hybridized carbons (Fsp3) is 0.148. The summed E-state index contributed by atoms with van der Waals surface area (Å²) in [5, 5.41) is 14.8. The third-order valence-electron chi connectivity index (χ3n) is 5.52. The second-order valence-corrected chi connectivity index (χ2v) is 9.13. The van der Waals surface area contributed by atoms with E-state index in [1.54, 1.807) is 24.3 Å². The van der Waals surface area contributed by atoms with Crippen LogP contribution in [0.4, 0.5) is 11.4 Å². The van der Waals surface area contributed by atoms with E-state index in [1.807, 2.05) is 32.9 Å². The van der Waals surface area contributed by atoms with Gasteiger partial charge in [-0.05, 0) is 67.8 Å². The fourth-order valence-electron chi connectivity index (χ4n) is 3.57. The minimum atomic E-state index is -0.596. The van der Waals surface area contributed by atoms with Gasteiger partial charge in [0.1, 0.15) is 34.6 Å². The van der Waals surface area contributed by atoms with E-state index < -0.39 is 10.8 Å². The molecular weight excluding hydrogens is 519 g/mol. The third-order valence-corrected chi connectivity index (χ3v) is 6.32. The van der Waals surface area contributed by atoms with Crippen molar-refractivity contribution in [2.75, 3.05) is 5.32 Å². The number of nitro benzene ring substituents is 1. The first-order valence-corrected chi connectivity index (χ1v) is 11.9. The molecule has 0 aliphatic carbocycles. The molecule has 0 aliphatic heterocycles. The second-order valence-electron chi connectivity index (χ2n) is 8.34. The van der Waals surface area contributed by atoms with Crippen LogP contribution in [0.5, 0.6) is 17.2 Å². The summed E-state index contributed by atoms with van der Waals surface area (Å²) >= 11 is 12.1. The lowest BCUT2D eigenvalue weighted by Gasteiger charge is -2.13. The molecule has 0 saturated carbocycles. The number of carbonyl (C=O) groups is 1. The van der Waals surface area contributed by atoms with Gasteiger partial charge in [-0.15, -0.1) is 0 Å². The monoisotopic (exact) mass is 540 g/mol. The van der Waals surface area contributed by atoms with Crippen LogP contribution in [0.1, 0.15) is 33.0 Å². The second kappa shape index (κ2) is 10.9. The highest BCUT2D eigenvalue weighted by atomic mass is 35.5. The summed E-state index contributed by atoms with van der Waals surface area (Å²) in [6.07, 6.45) is 0. The van der Waals surface area contributed by atoms with E-state index in [0.717, 1.165) is 16.7 Å². The van der Waals surface area contributed by atoms with Gasteiger partial charge in [-0.2, -0.15) is 0 Å². The third kappa shape index (κ3) is 6.22. The molecule has 1 N–H and O–H groups in total. The predicted molar refractivity (Wildman–Crippen MR) is 141 cm³/mol. The molecule has 3 aromatic carbocycles. The van der Waals surface area contributed by atoms with Gasteiger partial charge in [0.05, 0.1) is 21.7 Å². The predicted octanol–water partition coefficient (Wildman–Crippen LogP) is 8.04. The number of non-ortho nitro benzene ring substituents is 1. The number of benzene rings is 3. The minimum Gasteiger partial charge on any atom is -0.484 e. The molecule has 37 heavy (non-hydrogen) atoms. The number of halogens is 2. The summed E-state index contributed by atoms with van der Waals surface area (Å²) in [6, 6.07) is 16.0. The Morgan fingerprint density at radius 2 is 1.81 bits per heavy atom. The highest BCUT2D eigenvalue weighted by Crippen LogP contribution is 2.34. The molecule has 1 aromatic heterocycles. The van der Waals surface area contributed by atoms with Crippen molar-refractivity contribution in [3.63, 3.8) is 0 Å². The van der Waals surface area contributed by atoms with Crippen LogP contribution in [0.2, 0.25) is 10.0 Å². The summed E-state index contributed by atoms with van der Waals surface area (Å²) in [7, 11) is 0. The maximum absolute atomic E-state index is 12.8. The van der Waals surface area contributed by atoms with Crippen molar-refractivity contribution in [2.45, 2.75) is 27.4 Å². The molecule has 0 fully saturated rings. The minimum absolute atomic E-state index is 0.00470. The molecule has 0 unspecified atom stereocenters. The Balaban J connectivity index is 1.50. The number of aryl methyl sites for hydroxylation is 2. The van der Waals surface area contributed by atoms with E-state index in [1.165, 1.54) is 24.3 Å². The average molecular weight is 541 g/mol. The molecule has 0 saturated heterocycles. The van der Waals surface area contributed by atoms with Crippen LogP contribution in [0, 0.1) is 30.9 Å². The first kappa shape index (κ1) is 26.1. The zero-order valence-corrected chi connectivity index (χ0v) is 21.6. The SMILES string of the molecule is Cc1cc(C)c(C)c(Oc2cc(NC(=O)c3ccc(COc4cccc(Cl)c4Cl)o3)cc([N+](=O)[O-])c2)c1. The van der Waals surface area contributed by atoms with Crippen molar-refractivity contribution >= 4 is 40.5 Å². The van der Waals surface area contributed by atoms with Gasteiger partial charge in [0.25, 0.3) is 11.6 Å². The maximum Gasteiger partial charge on any atom is 0.291 e.